The molecule has 0 unspecified atom stereocenters. The van der Waals surface area contributed by atoms with Crippen LogP contribution in [0.3, 0.4) is 0 Å². The van der Waals surface area contributed by atoms with Crippen LogP contribution < -0.4 is 5.32 Å². The summed E-state index contributed by atoms with van der Waals surface area (Å²) in [4.78, 5) is 19.5. The maximum absolute atomic E-state index is 11.3. The maximum Gasteiger partial charge on any atom is 0.413 e. The highest BCUT2D eigenvalue weighted by molar-refractivity contribution is 8.13. The third-order valence-corrected chi connectivity index (χ3v) is 2.61. The van der Waals surface area contributed by atoms with Crippen molar-refractivity contribution in [2.75, 3.05) is 6.26 Å². The molecule has 1 aromatic heterocycles. The van der Waals surface area contributed by atoms with Crippen molar-refractivity contribution in [3.05, 3.63) is 11.6 Å². The summed E-state index contributed by atoms with van der Waals surface area (Å²) in [5.74, 6) is 0. The number of amides is 1. The van der Waals surface area contributed by atoms with E-state index in [1.54, 1.807) is 20.0 Å². The van der Waals surface area contributed by atoms with Gasteiger partial charge in [0.05, 0.1) is 6.10 Å². The third-order valence-electron chi connectivity index (χ3n) is 1.36. The molecule has 0 saturated carbocycles. The van der Waals surface area contributed by atoms with E-state index in [-0.39, 0.29) is 6.10 Å². The van der Waals surface area contributed by atoms with Gasteiger partial charge in [0, 0.05) is 11.6 Å². The molecule has 0 aliphatic carbocycles. The summed E-state index contributed by atoms with van der Waals surface area (Å²) in [6.45, 7) is 3.58. The number of hydrogen-bond acceptors (Lipinski definition) is 6. The third kappa shape index (κ3) is 4.63. The Morgan fingerprint density at radius 1 is 1.69 bits per heavy atom. The first kappa shape index (κ1) is 13.0. The Morgan fingerprint density at radius 3 is 2.94 bits per heavy atom. The number of thiazole rings is 1. The molecule has 7 heteroatoms. The predicted octanol–water partition coefficient (Wildman–Crippen LogP) is 2.63. The lowest BCUT2D eigenvalue weighted by Crippen LogP contribution is -2.30. The van der Waals surface area contributed by atoms with Crippen molar-refractivity contribution in [3.8, 4) is 0 Å². The van der Waals surface area contributed by atoms with Crippen molar-refractivity contribution in [1.29, 1.82) is 0 Å². The summed E-state index contributed by atoms with van der Waals surface area (Å²) in [7, 11) is 0. The Hall–Kier alpha value is -1.08. The second kappa shape index (κ2) is 6.49. The number of carbonyl (C=O) groups excluding carboxylic acids is 1. The zero-order valence-corrected chi connectivity index (χ0v) is 10.9. The number of hydrogen-bond donors (Lipinski definition) is 1. The molecule has 0 aliphatic heterocycles. The van der Waals surface area contributed by atoms with Gasteiger partial charge in [-0.1, -0.05) is 11.8 Å². The summed E-state index contributed by atoms with van der Waals surface area (Å²) in [5, 5.41) is 5.46. The number of aromatic nitrogens is 1. The van der Waals surface area contributed by atoms with Crippen LogP contribution in [0.2, 0.25) is 0 Å². The van der Waals surface area contributed by atoms with E-state index >= 15 is 0 Å². The second-order valence-corrected chi connectivity index (χ2v) is 4.68. The molecule has 1 rings (SSSR count). The maximum atomic E-state index is 11.3. The molecule has 0 spiro atoms. The highest BCUT2D eigenvalue weighted by atomic mass is 32.2. The van der Waals surface area contributed by atoms with Crippen LogP contribution in [-0.4, -0.2) is 28.6 Å². The minimum Gasteiger partial charge on any atom is -0.447 e. The average Bonchev–Trinajstić information content (AvgIpc) is 2.68. The van der Waals surface area contributed by atoms with Crippen LogP contribution in [0.5, 0.6) is 0 Å². The Bertz CT molecular complexity index is 363. The van der Waals surface area contributed by atoms with Crippen molar-refractivity contribution < 1.29 is 9.53 Å². The SMILES string of the molecule is CS/C(=N/c1nccs1)NC(=O)OC(C)C. The summed E-state index contributed by atoms with van der Waals surface area (Å²) in [5.41, 5.74) is 0. The lowest BCUT2D eigenvalue weighted by molar-refractivity contribution is 0.121. The van der Waals surface area contributed by atoms with Gasteiger partial charge in [0.25, 0.3) is 0 Å². The number of ether oxygens (including phenoxy) is 1. The normalized spacial score (nSPS) is 11.6. The Balaban J connectivity index is 2.59. The van der Waals surface area contributed by atoms with Gasteiger partial charge in [0.15, 0.2) is 5.17 Å². The number of aliphatic imine (C=N–C) groups is 1. The topological polar surface area (TPSA) is 63.6 Å². The van der Waals surface area contributed by atoms with Gasteiger partial charge in [-0.25, -0.2) is 9.78 Å². The molecular formula is C9H13N3O2S2. The minimum absolute atomic E-state index is 0.150. The van der Waals surface area contributed by atoms with Gasteiger partial charge in [-0.15, -0.1) is 11.3 Å². The van der Waals surface area contributed by atoms with Gasteiger partial charge < -0.3 is 4.74 Å². The summed E-state index contributed by atoms with van der Waals surface area (Å²) >= 11 is 2.73. The van der Waals surface area contributed by atoms with Gasteiger partial charge in [0.2, 0.25) is 5.13 Å². The highest BCUT2D eigenvalue weighted by Crippen LogP contribution is 2.16. The molecule has 88 valence electrons. The zero-order valence-electron chi connectivity index (χ0n) is 9.26. The predicted molar refractivity (Wildman–Crippen MR) is 67.5 cm³/mol. The van der Waals surface area contributed by atoms with Crippen molar-refractivity contribution in [2.45, 2.75) is 20.0 Å². The van der Waals surface area contributed by atoms with Crippen LogP contribution in [0.25, 0.3) is 0 Å². The molecule has 0 fully saturated rings. The van der Waals surface area contributed by atoms with E-state index in [0.717, 1.165) is 0 Å². The molecule has 0 atom stereocenters. The number of alkyl carbamates (subject to hydrolysis) is 1. The van der Waals surface area contributed by atoms with E-state index in [9.17, 15) is 4.79 Å². The van der Waals surface area contributed by atoms with Crippen molar-refractivity contribution in [2.24, 2.45) is 4.99 Å². The van der Waals surface area contributed by atoms with Crippen molar-refractivity contribution >= 4 is 39.5 Å². The quantitative estimate of drug-likeness (QED) is 0.655. The van der Waals surface area contributed by atoms with E-state index in [1.165, 1.54) is 23.1 Å². The van der Waals surface area contributed by atoms with E-state index < -0.39 is 6.09 Å². The van der Waals surface area contributed by atoms with Crippen LogP contribution in [0.15, 0.2) is 16.6 Å². The smallest absolute Gasteiger partial charge is 0.413 e. The van der Waals surface area contributed by atoms with Crippen LogP contribution >= 0.6 is 23.1 Å². The zero-order chi connectivity index (χ0) is 12.0. The molecule has 1 N–H and O–H groups in total. The molecule has 5 nitrogen and oxygen atoms in total. The Morgan fingerprint density at radius 2 is 2.44 bits per heavy atom. The van der Waals surface area contributed by atoms with E-state index in [0.29, 0.717) is 10.3 Å². The van der Waals surface area contributed by atoms with Crippen LogP contribution in [-0.2, 0) is 4.74 Å². The average molecular weight is 259 g/mol. The molecule has 1 heterocycles. The molecule has 1 aromatic rings. The molecule has 0 aromatic carbocycles. The van der Waals surface area contributed by atoms with Crippen LogP contribution in [0, 0.1) is 0 Å². The first-order valence-electron chi connectivity index (χ1n) is 4.61. The monoisotopic (exact) mass is 259 g/mol. The van der Waals surface area contributed by atoms with E-state index in [1.807, 2.05) is 11.6 Å². The number of nitrogens with zero attached hydrogens (tertiary/aromatic N) is 2. The Labute approximate surface area is 102 Å². The van der Waals surface area contributed by atoms with Gasteiger partial charge in [-0.3, -0.25) is 5.32 Å². The van der Waals surface area contributed by atoms with E-state index in [4.69, 9.17) is 4.74 Å². The molecule has 16 heavy (non-hydrogen) atoms. The molecule has 0 saturated heterocycles. The largest absolute Gasteiger partial charge is 0.447 e. The number of amidine groups is 1. The Kier molecular flexibility index (Phi) is 5.27. The standard InChI is InChI=1S/C9H13N3O2S2/c1-6(2)14-9(13)12-8(15-3)11-7-10-4-5-16-7/h4-6H,1-3H3,(H,10,11,12,13). The van der Waals surface area contributed by atoms with Gasteiger partial charge in [-0.05, 0) is 20.1 Å². The van der Waals surface area contributed by atoms with E-state index in [2.05, 4.69) is 15.3 Å². The van der Waals surface area contributed by atoms with Gasteiger partial charge >= 0.3 is 6.09 Å². The molecule has 0 radical (unpaired) electrons. The van der Waals surface area contributed by atoms with Gasteiger partial charge in [0.1, 0.15) is 0 Å². The summed E-state index contributed by atoms with van der Waals surface area (Å²) in [6, 6.07) is 0. The van der Waals surface area contributed by atoms with Crippen molar-refractivity contribution in [1.82, 2.24) is 10.3 Å². The van der Waals surface area contributed by atoms with Crippen LogP contribution in [0.4, 0.5) is 9.93 Å². The fourth-order valence-corrected chi connectivity index (χ4v) is 1.74. The number of rotatable bonds is 2. The first-order chi connectivity index (χ1) is 7.61. The first-order valence-corrected chi connectivity index (χ1v) is 6.72. The fourth-order valence-electron chi connectivity index (χ4n) is 0.813. The molecular weight excluding hydrogens is 246 g/mol. The molecule has 1 amide bonds. The number of thioether (sulfide) groups is 1. The lowest BCUT2D eigenvalue weighted by atomic mass is 10.5. The molecule has 0 bridgehead atoms. The van der Waals surface area contributed by atoms with Crippen molar-refractivity contribution in [3.63, 3.8) is 0 Å². The van der Waals surface area contributed by atoms with Gasteiger partial charge in [-0.2, -0.15) is 4.99 Å². The minimum atomic E-state index is -0.500. The summed E-state index contributed by atoms with van der Waals surface area (Å²) in [6.07, 6.45) is 2.83. The lowest BCUT2D eigenvalue weighted by Gasteiger charge is -2.09. The molecule has 0 aliphatic rings. The summed E-state index contributed by atoms with van der Waals surface area (Å²) < 4.78 is 4.94. The number of nitrogens with one attached hydrogen (secondary N) is 1. The second-order valence-electron chi connectivity index (χ2n) is 3.01. The fraction of sp³-hybridized carbons (Fsp3) is 0.444. The highest BCUT2D eigenvalue weighted by Gasteiger charge is 2.08. The number of carbonyl (C=O) groups is 1. The van der Waals surface area contributed by atoms with Crippen LogP contribution in [0.1, 0.15) is 13.8 Å².